The first-order valence-electron chi connectivity index (χ1n) is 10.2. The van der Waals surface area contributed by atoms with Crippen LogP contribution in [0, 0.1) is 25.2 Å². The van der Waals surface area contributed by atoms with Crippen molar-refractivity contribution in [1.82, 2.24) is 14.8 Å². The van der Waals surface area contributed by atoms with Crippen molar-refractivity contribution in [2.75, 3.05) is 24.6 Å². The maximum absolute atomic E-state index is 5.93. The summed E-state index contributed by atoms with van der Waals surface area (Å²) >= 11 is 0. The Hall–Kier alpha value is -1.82. The fourth-order valence-electron chi connectivity index (χ4n) is 4.39. The molecule has 4 rings (SSSR count). The Balaban J connectivity index is 1.68. The highest BCUT2D eigenvalue weighted by Gasteiger charge is 2.35. The van der Waals surface area contributed by atoms with Gasteiger partial charge in [0.05, 0.1) is 18.2 Å². The molecule has 2 aromatic heterocycles. The van der Waals surface area contributed by atoms with Crippen LogP contribution in [0.25, 0.3) is 11.4 Å². The zero-order valence-corrected chi connectivity index (χ0v) is 17.3. The zero-order chi connectivity index (χ0) is 19.2. The topological polar surface area (TPSA) is 56.3 Å². The number of aryl methyl sites for hydroxylation is 2. The van der Waals surface area contributed by atoms with E-state index in [2.05, 4.69) is 46.5 Å². The number of aromatic nitrogens is 3. The molecule has 2 aliphatic heterocycles. The summed E-state index contributed by atoms with van der Waals surface area (Å²) in [4.78, 5) is 2.41. The molecule has 0 aliphatic carbocycles. The Morgan fingerprint density at radius 3 is 2.59 bits per heavy atom. The summed E-state index contributed by atoms with van der Waals surface area (Å²) in [7, 11) is 0. The SMILES string of the molecule is Cc1cc(-c2nnc(N3CCC(C(C)(C)C)C3)n2CC2CCCO2)c(C)o1. The first-order valence-corrected chi connectivity index (χ1v) is 10.2. The highest BCUT2D eigenvalue weighted by molar-refractivity contribution is 5.60. The van der Waals surface area contributed by atoms with Crippen LogP contribution in [0.5, 0.6) is 0 Å². The van der Waals surface area contributed by atoms with Crippen molar-refractivity contribution >= 4 is 5.95 Å². The molecule has 4 heterocycles. The lowest BCUT2D eigenvalue weighted by Crippen LogP contribution is -2.29. The molecule has 0 bridgehead atoms. The summed E-state index contributed by atoms with van der Waals surface area (Å²) in [6.45, 7) is 14.7. The second-order valence-corrected chi connectivity index (χ2v) is 9.19. The zero-order valence-electron chi connectivity index (χ0n) is 17.3. The van der Waals surface area contributed by atoms with Gasteiger partial charge >= 0.3 is 0 Å². The number of hydrogen-bond donors (Lipinski definition) is 0. The van der Waals surface area contributed by atoms with Crippen LogP contribution in [0.15, 0.2) is 10.5 Å². The number of hydrogen-bond acceptors (Lipinski definition) is 5. The van der Waals surface area contributed by atoms with E-state index in [4.69, 9.17) is 9.15 Å². The van der Waals surface area contributed by atoms with Gasteiger partial charge in [-0.3, -0.25) is 4.57 Å². The predicted octanol–water partition coefficient (Wildman–Crippen LogP) is 4.21. The van der Waals surface area contributed by atoms with Crippen LogP contribution in [0.3, 0.4) is 0 Å². The van der Waals surface area contributed by atoms with Crippen molar-refractivity contribution in [3.63, 3.8) is 0 Å². The van der Waals surface area contributed by atoms with Gasteiger partial charge in [0, 0.05) is 19.7 Å². The predicted molar refractivity (Wildman–Crippen MR) is 106 cm³/mol. The molecule has 2 aromatic rings. The summed E-state index contributed by atoms with van der Waals surface area (Å²) in [5.74, 6) is 4.35. The van der Waals surface area contributed by atoms with E-state index in [9.17, 15) is 0 Å². The quantitative estimate of drug-likeness (QED) is 0.805. The molecule has 0 radical (unpaired) electrons. The monoisotopic (exact) mass is 372 g/mol. The minimum Gasteiger partial charge on any atom is -0.466 e. The van der Waals surface area contributed by atoms with Crippen LogP contribution in [-0.4, -0.2) is 40.6 Å². The third-order valence-electron chi connectivity index (χ3n) is 6.12. The number of anilines is 1. The average molecular weight is 373 g/mol. The molecule has 2 fully saturated rings. The minimum absolute atomic E-state index is 0.243. The molecule has 2 atom stereocenters. The lowest BCUT2D eigenvalue weighted by atomic mass is 9.80. The van der Waals surface area contributed by atoms with Gasteiger partial charge in [-0.1, -0.05) is 20.8 Å². The minimum atomic E-state index is 0.243. The van der Waals surface area contributed by atoms with Gasteiger partial charge in [0.25, 0.3) is 0 Å². The summed E-state index contributed by atoms with van der Waals surface area (Å²) in [5.41, 5.74) is 1.35. The first kappa shape index (κ1) is 18.5. The van der Waals surface area contributed by atoms with E-state index in [0.29, 0.717) is 11.3 Å². The third kappa shape index (κ3) is 3.64. The van der Waals surface area contributed by atoms with E-state index < -0.39 is 0 Å². The fraction of sp³-hybridized carbons (Fsp3) is 0.714. The van der Waals surface area contributed by atoms with Gasteiger partial charge in [0.1, 0.15) is 11.5 Å². The molecule has 2 saturated heterocycles. The normalized spacial score (nSPS) is 23.5. The number of furan rings is 1. The van der Waals surface area contributed by atoms with E-state index in [-0.39, 0.29) is 6.10 Å². The van der Waals surface area contributed by atoms with Gasteiger partial charge in [0.15, 0.2) is 5.82 Å². The summed E-state index contributed by atoms with van der Waals surface area (Å²) in [5, 5.41) is 9.22. The molecule has 6 nitrogen and oxygen atoms in total. The van der Waals surface area contributed by atoms with E-state index in [1.54, 1.807) is 0 Å². The van der Waals surface area contributed by atoms with E-state index in [1.807, 2.05) is 13.8 Å². The molecule has 0 amide bonds. The van der Waals surface area contributed by atoms with Crippen molar-refractivity contribution in [3.05, 3.63) is 17.6 Å². The van der Waals surface area contributed by atoms with Crippen LogP contribution < -0.4 is 4.90 Å². The summed E-state index contributed by atoms with van der Waals surface area (Å²) in [6, 6.07) is 2.07. The number of ether oxygens (including phenoxy) is 1. The van der Waals surface area contributed by atoms with Crippen LogP contribution in [-0.2, 0) is 11.3 Å². The Bertz CT molecular complexity index is 796. The fourth-order valence-corrected chi connectivity index (χ4v) is 4.39. The van der Waals surface area contributed by atoms with Gasteiger partial charge in [-0.15, -0.1) is 10.2 Å². The Kier molecular flexibility index (Phi) is 4.78. The molecule has 2 unspecified atom stereocenters. The van der Waals surface area contributed by atoms with Crippen molar-refractivity contribution in [2.24, 2.45) is 11.3 Å². The second kappa shape index (κ2) is 6.97. The van der Waals surface area contributed by atoms with Crippen LogP contribution in [0.2, 0.25) is 0 Å². The van der Waals surface area contributed by atoms with Gasteiger partial charge < -0.3 is 14.1 Å². The lowest BCUT2D eigenvalue weighted by Gasteiger charge is -2.27. The molecule has 27 heavy (non-hydrogen) atoms. The maximum Gasteiger partial charge on any atom is 0.227 e. The second-order valence-electron chi connectivity index (χ2n) is 9.19. The van der Waals surface area contributed by atoms with Crippen molar-refractivity contribution in [1.29, 1.82) is 0 Å². The first-order chi connectivity index (χ1) is 12.8. The van der Waals surface area contributed by atoms with E-state index in [1.165, 1.54) is 6.42 Å². The molecular formula is C21H32N4O2. The van der Waals surface area contributed by atoms with Gasteiger partial charge in [-0.2, -0.15) is 0 Å². The highest BCUT2D eigenvalue weighted by atomic mass is 16.5. The van der Waals surface area contributed by atoms with Crippen LogP contribution in [0.1, 0.15) is 51.6 Å². The maximum atomic E-state index is 5.93. The van der Waals surface area contributed by atoms with Crippen LogP contribution in [0.4, 0.5) is 5.95 Å². The molecule has 148 valence electrons. The molecule has 0 aromatic carbocycles. The molecule has 0 N–H and O–H groups in total. The smallest absolute Gasteiger partial charge is 0.227 e. The lowest BCUT2D eigenvalue weighted by molar-refractivity contribution is 0.0975. The standard InChI is InChI=1S/C21H32N4O2/c1-14-11-18(15(2)27-14)19-22-23-20(25(19)13-17-7-6-10-26-17)24-9-8-16(12-24)21(3,4)5/h11,16-17H,6-10,12-13H2,1-5H3. The summed E-state index contributed by atoms with van der Waals surface area (Å²) in [6.07, 6.45) is 3.69. The largest absolute Gasteiger partial charge is 0.466 e. The Morgan fingerprint density at radius 2 is 2.00 bits per heavy atom. The van der Waals surface area contributed by atoms with Crippen molar-refractivity contribution in [2.45, 2.75) is 66.5 Å². The third-order valence-corrected chi connectivity index (χ3v) is 6.12. The van der Waals surface area contributed by atoms with Crippen LogP contribution >= 0.6 is 0 Å². The molecule has 0 saturated carbocycles. The van der Waals surface area contributed by atoms with E-state index >= 15 is 0 Å². The molecular weight excluding hydrogens is 340 g/mol. The summed E-state index contributed by atoms with van der Waals surface area (Å²) < 4.78 is 14.0. The average Bonchev–Trinajstić information content (AvgIpc) is 3.34. The Labute approximate surface area is 161 Å². The van der Waals surface area contributed by atoms with Gasteiger partial charge in [-0.25, -0.2) is 0 Å². The van der Waals surface area contributed by atoms with Gasteiger partial charge in [-0.05, 0) is 50.5 Å². The Morgan fingerprint density at radius 1 is 1.19 bits per heavy atom. The molecule has 2 aliphatic rings. The van der Waals surface area contributed by atoms with Gasteiger partial charge in [0.2, 0.25) is 5.95 Å². The van der Waals surface area contributed by atoms with Crippen molar-refractivity contribution < 1.29 is 9.15 Å². The molecule has 6 heteroatoms. The number of nitrogens with zero attached hydrogens (tertiary/aromatic N) is 4. The van der Waals surface area contributed by atoms with Crippen molar-refractivity contribution in [3.8, 4) is 11.4 Å². The highest BCUT2D eigenvalue weighted by Crippen LogP contribution is 2.37. The van der Waals surface area contributed by atoms with E-state index in [0.717, 1.165) is 67.9 Å². The molecule has 0 spiro atoms. The number of rotatable bonds is 4.